The molecule has 0 fully saturated rings. The minimum Gasteiger partial charge on any atom is -0.264 e. The van der Waals surface area contributed by atoms with E-state index in [9.17, 15) is 10.1 Å². The fourth-order valence-electron chi connectivity index (χ4n) is 0.191. The molecule has 40 valence electrons. The summed E-state index contributed by atoms with van der Waals surface area (Å²) >= 11 is 0. The van der Waals surface area contributed by atoms with Crippen molar-refractivity contribution in [1.82, 2.24) is 0 Å². The molecule has 0 aliphatic carbocycles. The van der Waals surface area contributed by atoms with Crippen molar-refractivity contribution in [3.05, 3.63) is 22.3 Å². The normalized spacial score (nSPS) is 9.86. The second-order valence-corrected chi connectivity index (χ2v) is 1.08. The van der Waals surface area contributed by atoms with Crippen molar-refractivity contribution in [1.29, 1.82) is 0 Å². The first-order valence-corrected chi connectivity index (χ1v) is 2.00. The quantitative estimate of drug-likeness (QED) is 0.294. The molecule has 0 atom stereocenters. The number of nitrogens with zero attached hydrogens (tertiary/aromatic N) is 1. The van der Waals surface area contributed by atoms with E-state index in [2.05, 4.69) is 0 Å². The highest BCUT2D eigenvalue weighted by atomic mass is 16.6. The van der Waals surface area contributed by atoms with Crippen molar-refractivity contribution in [2.45, 2.75) is 6.92 Å². The molecule has 3 heteroatoms. The maximum atomic E-state index is 9.51. The van der Waals surface area contributed by atoms with Crippen LogP contribution in [0.3, 0.4) is 0 Å². The second-order valence-electron chi connectivity index (χ2n) is 1.08. The first-order chi connectivity index (χ1) is 3.27. The molecule has 0 radical (unpaired) electrons. The maximum absolute atomic E-state index is 9.51. The van der Waals surface area contributed by atoms with Gasteiger partial charge in [0.1, 0.15) is 0 Å². The number of allylic oxidation sites excluding steroid dienone is 1. The Bertz CT molecular complexity index is 87.7. The monoisotopic (exact) mass is 101 g/mol. The van der Waals surface area contributed by atoms with Gasteiger partial charge in [-0.1, -0.05) is 6.08 Å². The Morgan fingerprint density at radius 2 is 2.43 bits per heavy atom. The third-order valence-electron chi connectivity index (χ3n) is 0.490. The molecule has 0 saturated carbocycles. The Hall–Kier alpha value is -0.860. The topological polar surface area (TPSA) is 43.1 Å². The highest BCUT2D eigenvalue weighted by Crippen LogP contribution is 1.70. The summed E-state index contributed by atoms with van der Waals surface area (Å²) in [6.45, 7) is 1.69. The van der Waals surface area contributed by atoms with Gasteiger partial charge in [-0.2, -0.15) is 0 Å². The van der Waals surface area contributed by atoms with Crippen LogP contribution in [0.5, 0.6) is 0 Å². The van der Waals surface area contributed by atoms with Gasteiger partial charge in [0.25, 0.3) is 0 Å². The van der Waals surface area contributed by atoms with Crippen molar-refractivity contribution in [3.8, 4) is 0 Å². The molecule has 3 nitrogen and oxygen atoms in total. The largest absolute Gasteiger partial charge is 0.264 e. The van der Waals surface area contributed by atoms with E-state index in [1.165, 1.54) is 6.08 Å². The lowest BCUT2D eigenvalue weighted by Crippen LogP contribution is -1.94. The van der Waals surface area contributed by atoms with Crippen LogP contribution in [-0.2, 0) is 0 Å². The fraction of sp³-hybridized carbons (Fsp3) is 0.500. The lowest BCUT2D eigenvalue weighted by molar-refractivity contribution is -0.468. The van der Waals surface area contributed by atoms with Crippen LogP contribution >= 0.6 is 0 Å². The molecular formula is C4H7NO2. The van der Waals surface area contributed by atoms with Gasteiger partial charge in [-0.15, -0.1) is 0 Å². The van der Waals surface area contributed by atoms with Gasteiger partial charge in [0.05, 0.1) is 0 Å². The summed E-state index contributed by atoms with van der Waals surface area (Å²) < 4.78 is 0. The summed E-state index contributed by atoms with van der Waals surface area (Å²) in [6.07, 6.45) is 3.16. The van der Waals surface area contributed by atoms with Crippen molar-refractivity contribution in [2.24, 2.45) is 0 Å². The lowest BCUT2D eigenvalue weighted by Gasteiger charge is -1.78. The smallest absolute Gasteiger partial charge is 0.222 e. The van der Waals surface area contributed by atoms with E-state index >= 15 is 0 Å². The first kappa shape index (κ1) is 6.14. The predicted molar refractivity (Wildman–Crippen MR) is 26.7 cm³/mol. The Morgan fingerprint density at radius 1 is 1.86 bits per heavy atom. The molecule has 0 unspecified atom stereocenters. The molecule has 0 spiro atoms. The fourth-order valence-corrected chi connectivity index (χ4v) is 0.191. The van der Waals surface area contributed by atoms with Crippen molar-refractivity contribution in [2.75, 3.05) is 6.54 Å². The summed E-state index contributed by atoms with van der Waals surface area (Å²) in [5.41, 5.74) is 0. The first-order valence-electron chi connectivity index (χ1n) is 2.00. The van der Waals surface area contributed by atoms with Gasteiger partial charge >= 0.3 is 0 Å². The Balaban J connectivity index is 3.14. The van der Waals surface area contributed by atoms with Crippen LogP contribution in [0.4, 0.5) is 0 Å². The van der Waals surface area contributed by atoms with Gasteiger partial charge in [-0.25, -0.2) is 0 Å². The number of rotatable bonds is 2. The molecule has 0 rings (SSSR count). The van der Waals surface area contributed by atoms with Gasteiger partial charge in [0.15, 0.2) is 0 Å². The number of hydrogen-bond acceptors (Lipinski definition) is 2. The SMILES string of the molecule is C/C=C/C[N+](=O)[O-]. The second kappa shape index (κ2) is 3.33. The van der Waals surface area contributed by atoms with Crippen LogP contribution in [0.1, 0.15) is 6.92 Å². The third kappa shape index (κ3) is 5.14. The molecule has 0 aliphatic rings. The van der Waals surface area contributed by atoms with Crippen LogP contribution in [0.15, 0.2) is 12.2 Å². The Labute approximate surface area is 41.8 Å². The number of nitro groups is 1. The molecule has 0 aromatic heterocycles. The molecule has 0 aliphatic heterocycles. The highest BCUT2D eigenvalue weighted by molar-refractivity contribution is 4.74. The third-order valence-corrected chi connectivity index (χ3v) is 0.490. The summed E-state index contributed by atoms with van der Waals surface area (Å²) in [6, 6.07) is 0. The maximum Gasteiger partial charge on any atom is 0.222 e. The van der Waals surface area contributed by atoms with E-state index in [0.717, 1.165) is 0 Å². The van der Waals surface area contributed by atoms with Crippen LogP contribution in [-0.4, -0.2) is 11.5 Å². The molecule has 7 heavy (non-hydrogen) atoms. The van der Waals surface area contributed by atoms with Crippen molar-refractivity contribution in [3.63, 3.8) is 0 Å². The minimum absolute atomic E-state index is 0.0590. The molecule has 0 saturated heterocycles. The highest BCUT2D eigenvalue weighted by Gasteiger charge is 1.83. The Kier molecular flexibility index (Phi) is 2.92. The van der Waals surface area contributed by atoms with Crippen LogP contribution in [0.25, 0.3) is 0 Å². The van der Waals surface area contributed by atoms with E-state index in [4.69, 9.17) is 0 Å². The van der Waals surface area contributed by atoms with Crippen molar-refractivity contribution >= 4 is 0 Å². The standard InChI is InChI=1S/C4H7NO2/c1-2-3-4-5(6)7/h2-3H,4H2,1H3/b3-2+. The minimum atomic E-state index is -0.375. The summed E-state index contributed by atoms with van der Waals surface area (Å²) in [4.78, 5) is 9.14. The van der Waals surface area contributed by atoms with Crippen LogP contribution < -0.4 is 0 Å². The molecule has 0 heterocycles. The number of hydrogen-bond donors (Lipinski definition) is 0. The van der Waals surface area contributed by atoms with E-state index in [-0.39, 0.29) is 11.5 Å². The van der Waals surface area contributed by atoms with Gasteiger partial charge in [-0.05, 0) is 13.0 Å². The van der Waals surface area contributed by atoms with Crippen LogP contribution in [0, 0.1) is 10.1 Å². The molecule has 0 aromatic carbocycles. The molecule has 0 aromatic rings. The zero-order valence-corrected chi connectivity index (χ0v) is 4.13. The average Bonchev–Trinajstić information content (AvgIpc) is 1.61. The lowest BCUT2D eigenvalue weighted by atomic mass is 10.5. The summed E-state index contributed by atoms with van der Waals surface area (Å²) in [5.74, 6) is 0. The zero-order chi connectivity index (χ0) is 5.70. The van der Waals surface area contributed by atoms with Gasteiger partial charge in [-0.3, -0.25) is 10.1 Å². The molecule has 0 N–H and O–H groups in total. The van der Waals surface area contributed by atoms with E-state index in [1.807, 2.05) is 0 Å². The average molecular weight is 101 g/mol. The molecule has 0 bridgehead atoms. The van der Waals surface area contributed by atoms with E-state index < -0.39 is 0 Å². The van der Waals surface area contributed by atoms with Gasteiger partial charge in [0.2, 0.25) is 6.54 Å². The summed E-state index contributed by atoms with van der Waals surface area (Å²) in [7, 11) is 0. The molecular weight excluding hydrogens is 94.0 g/mol. The summed E-state index contributed by atoms with van der Waals surface area (Å²) in [5, 5.41) is 9.51. The molecule has 0 amide bonds. The van der Waals surface area contributed by atoms with E-state index in [1.54, 1.807) is 13.0 Å². The predicted octanol–water partition coefficient (Wildman–Crippen LogP) is 0.839. The van der Waals surface area contributed by atoms with Crippen molar-refractivity contribution < 1.29 is 4.92 Å². The zero-order valence-electron chi connectivity index (χ0n) is 4.13. The van der Waals surface area contributed by atoms with Gasteiger partial charge < -0.3 is 0 Å². The van der Waals surface area contributed by atoms with Crippen LogP contribution in [0.2, 0.25) is 0 Å². The Morgan fingerprint density at radius 3 is 2.57 bits per heavy atom. The van der Waals surface area contributed by atoms with E-state index in [0.29, 0.717) is 0 Å². The van der Waals surface area contributed by atoms with Gasteiger partial charge in [0, 0.05) is 4.92 Å².